The van der Waals surface area contributed by atoms with Crippen LogP contribution in [0, 0.1) is 0 Å². The Hall–Kier alpha value is -0.518. The second kappa shape index (κ2) is 5.26. The molecular weight excluding hydrogens is 229 g/mol. The van der Waals surface area contributed by atoms with Crippen LogP contribution in [0.5, 0.6) is 5.75 Å². The third-order valence-electron chi connectivity index (χ3n) is 1.61. The number of benzene rings is 1. The van der Waals surface area contributed by atoms with E-state index in [4.69, 9.17) is 0 Å². The van der Waals surface area contributed by atoms with E-state index in [-0.39, 0.29) is 40.2 Å². The molecule has 2 nitrogen and oxygen atoms in total. The number of hydrogen-bond acceptors (Lipinski definition) is 2. The number of hydrogen-bond donors (Lipinski definition) is 1. The largest absolute Gasteiger partial charge is 0.506 e. The summed E-state index contributed by atoms with van der Waals surface area (Å²) in [4.78, 5) is 4.03. The summed E-state index contributed by atoms with van der Waals surface area (Å²) in [6.45, 7) is 0. The zero-order chi connectivity index (χ0) is 7.68. The number of aromatic hydroxyl groups is 1. The van der Waals surface area contributed by atoms with E-state index in [2.05, 4.69) is 4.98 Å². The van der Waals surface area contributed by atoms with E-state index in [1.807, 2.05) is 18.2 Å². The molecule has 1 heterocycles. The first-order chi connectivity index (χ1) is 5.38. The number of phenols is 1. The Morgan fingerprint density at radius 3 is 2.46 bits per heavy atom. The minimum Gasteiger partial charge on any atom is -0.506 e. The number of fused-ring (bicyclic) bond motifs is 1. The number of nitrogens with zero attached hydrogens (tertiary/aromatic N) is 1. The molecule has 0 aliphatic rings. The second-order valence-electron chi connectivity index (χ2n) is 2.35. The van der Waals surface area contributed by atoms with E-state index in [1.54, 1.807) is 18.3 Å². The van der Waals surface area contributed by atoms with Gasteiger partial charge in [0, 0.05) is 46.0 Å². The van der Waals surface area contributed by atoms with Crippen molar-refractivity contribution in [3.8, 4) is 5.75 Å². The van der Waals surface area contributed by atoms with Gasteiger partial charge in [-0.3, -0.25) is 4.98 Å². The predicted octanol–water partition coefficient (Wildman–Crippen LogP) is 1.56. The summed E-state index contributed by atoms with van der Waals surface area (Å²) in [6, 6.07) is 9.13. The van der Waals surface area contributed by atoms with Gasteiger partial charge in [-0.2, -0.15) is 0 Å². The van der Waals surface area contributed by atoms with Crippen LogP contribution in [0.1, 0.15) is 0 Å². The van der Waals surface area contributed by atoms with Gasteiger partial charge in [-0.05, 0) is 12.1 Å². The van der Waals surface area contributed by atoms with Crippen LogP contribution in [-0.4, -0.2) is 27.5 Å². The quantitative estimate of drug-likeness (QED) is 0.703. The van der Waals surface area contributed by atoms with Crippen LogP contribution in [0.4, 0.5) is 0 Å². The Kier molecular flexibility index (Phi) is 5.05. The molecule has 4 radical (unpaired) electrons. The van der Waals surface area contributed by atoms with E-state index in [1.165, 1.54) is 0 Å². The van der Waals surface area contributed by atoms with Crippen molar-refractivity contribution in [2.24, 2.45) is 0 Å². The predicted molar refractivity (Wildman–Crippen MR) is 49.2 cm³/mol. The molecule has 0 aliphatic heterocycles. The van der Waals surface area contributed by atoms with Crippen LogP contribution >= 0.6 is 0 Å². The summed E-state index contributed by atoms with van der Waals surface area (Å²) in [5.41, 5.74) is 0.662. The average Bonchev–Trinajstić information content (AvgIpc) is 2.06. The maximum atomic E-state index is 9.31. The number of aromatic nitrogens is 1. The molecule has 4 heteroatoms. The summed E-state index contributed by atoms with van der Waals surface area (Å²) in [6.07, 6.45) is 1.67. The van der Waals surface area contributed by atoms with Gasteiger partial charge in [0.15, 0.2) is 0 Å². The first-order valence-electron chi connectivity index (χ1n) is 3.40. The van der Waals surface area contributed by atoms with Gasteiger partial charge in [0.2, 0.25) is 0 Å². The van der Waals surface area contributed by atoms with Crippen molar-refractivity contribution >= 4 is 28.3 Å². The van der Waals surface area contributed by atoms with E-state index in [9.17, 15) is 5.11 Å². The Bertz CT molecular complexity index is 389. The van der Waals surface area contributed by atoms with Crippen molar-refractivity contribution in [2.75, 3.05) is 0 Å². The first kappa shape index (κ1) is 12.5. The summed E-state index contributed by atoms with van der Waals surface area (Å²) >= 11 is 0. The van der Waals surface area contributed by atoms with Crippen LogP contribution in [-0.2, 0) is 17.1 Å². The summed E-state index contributed by atoms with van der Waals surface area (Å²) in [5, 5.41) is 10.3. The van der Waals surface area contributed by atoms with Gasteiger partial charge in [0.25, 0.3) is 0 Å². The fraction of sp³-hybridized carbons (Fsp3) is 0. The van der Waals surface area contributed by atoms with Crippen molar-refractivity contribution < 1.29 is 22.2 Å². The second-order valence-corrected chi connectivity index (χ2v) is 2.35. The third kappa shape index (κ3) is 2.46. The van der Waals surface area contributed by atoms with Gasteiger partial charge < -0.3 is 5.11 Å². The number of pyridine rings is 1. The van der Waals surface area contributed by atoms with E-state index >= 15 is 0 Å². The van der Waals surface area contributed by atoms with Crippen molar-refractivity contribution in [1.82, 2.24) is 4.98 Å². The molecule has 13 heavy (non-hydrogen) atoms. The molecule has 0 saturated heterocycles. The zero-order valence-corrected chi connectivity index (χ0v) is 8.83. The fourth-order valence-electron chi connectivity index (χ4n) is 1.09. The van der Waals surface area contributed by atoms with Crippen LogP contribution in [0.25, 0.3) is 10.9 Å². The molecule has 2 rings (SSSR count). The SMILES string of the molecule is Oc1cccc2cccnc12.[Al].[Cu]. The van der Waals surface area contributed by atoms with Crippen LogP contribution < -0.4 is 0 Å². The normalized spacial score (nSPS) is 8.62. The van der Waals surface area contributed by atoms with Gasteiger partial charge in [-0.15, -0.1) is 0 Å². The van der Waals surface area contributed by atoms with Gasteiger partial charge in [0.05, 0.1) is 0 Å². The minimum atomic E-state index is 0. The van der Waals surface area contributed by atoms with E-state index in [0.29, 0.717) is 5.52 Å². The van der Waals surface area contributed by atoms with Crippen molar-refractivity contribution in [1.29, 1.82) is 0 Å². The van der Waals surface area contributed by atoms with E-state index < -0.39 is 0 Å². The van der Waals surface area contributed by atoms with Crippen LogP contribution in [0.15, 0.2) is 36.5 Å². The zero-order valence-electron chi connectivity index (χ0n) is 6.74. The van der Waals surface area contributed by atoms with E-state index in [0.717, 1.165) is 5.39 Å². The minimum absolute atomic E-state index is 0. The van der Waals surface area contributed by atoms with Gasteiger partial charge >= 0.3 is 0 Å². The monoisotopic (exact) mass is 235 g/mol. The number of phenolic OH excluding ortho intramolecular Hbond substituents is 1. The van der Waals surface area contributed by atoms with Gasteiger partial charge in [-0.1, -0.05) is 18.2 Å². The molecule has 1 aromatic heterocycles. The molecule has 0 bridgehead atoms. The smallest absolute Gasteiger partial charge is 0.141 e. The van der Waals surface area contributed by atoms with Crippen molar-refractivity contribution in [3.05, 3.63) is 36.5 Å². The molecule has 0 atom stereocenters. The summed E-state index contributed by atoms with van der Waals surface area (Å²) in [5.74, 6) is 0.239. The fourth-order valence-corrected chi connectivity index (χ4v) is 1.09. The Balaban J connectivity index is 0.000000720. The molecule has 2 aromatic rings. The maximum Gasteiger partial charge on any atom is 0.141 e. The third-order valence-corrected chi connectivity index (χ3v) is 1.61. The number of para-hydroxylation sites is 1. The van der Waals surface area contributed by atoms with Gasteiger partial charge in [-0.25, -0.2) is 0 Å². The molecule has 0 amide bonds. The Labute approximate surface area is 97.6 Å². The van der Waals surface area contributed by atoms with Crippen LogP contribution in [0.3, 0.4) is 0 Å². The summed E-state index contributed by atoms with van der Waals surface area (Å²) < 4.78 is 0. The van der Waals surface area contributed by atoms with Gasteiger partial charge in [0.1, 0.15) is 11.3 Å². The molecule has 0 saturated carbocycles. The van der Waals surface area contributed by atoms with Crippen molar-refractivity contribution in [3.63, 3.8) is 0 Å². The number of rotatable bonds is 0. The first-order valence-corrected chi connectivity index (χ1v) is 3.40. The molecular formula is C9H7AlCuNO. The molecule has 0 spiro atoms. The molecule has 0 fully saturated rings. The van der Waals surface area contributed by atoms with Crippen molar-refractivity contribution in [2.45, 2.75) is 0 Å². The topological polar surface area (TPSA) is 33.1 Å². The average molecular weight is 236 g/mol. The van der Waals surface area contributed by atoms with Crippen LogP contribution in [0.2, 0.25) is 0 Å². The molecule has 0 aliphatic carbocycles. The molecule has 1 aromatic carbocycles. The molecule has 1 N–H and O–H groups in total. The molecule has 68 valence electrons. The summed E-state index contributed by atoms with van der Waals surface area (Å²) in [7, 11) is 0. The Morgan fingerprint density at radius 2 is 1.77 bits per heavy atom. The Morgan fingerprint density at radius 1 is 1.08 bits per heavy atom. The standard InChI is InChI=1S/C9H7NO.Al.Cu/c11-8-5-1-3-7-4-2-6-10-9(7)8;;/h1-6,11H;;. The maximum absolute atomic E-state index is 9.31. The molecule has 0 unspecified atom stereocenters.